The van der Waals surface area contributed by atoms with E-state index in [-0.39, 0.29) is 28.4 Å². The number of nitrogens with zero attached hydrogens (tertiary/aromatic N) is 4. The van der Waals surface area contributed by atoms with Gasteiger partial charge in [-0.3, -0.25) is 0 Å². The first kappa shape index (κ1) is 65.4. The van der Waals surface area contributed by atoms with Gasteiger partial charge in [0.15, 0.2) is 0 Å². The van der Waals surface area contributed by atoms with E-state index in [0.717, 1.165) is 101 Å². The first-order chi connectivity index (χ1) is 50.6. The second kappa shape index (κ2) is 24.5. The van der Waals surface area contributed by atoms with E-state index >= 15 is 0 Å². The molecule has 0 aliphatic carbocycles. The highest BCUT2D eigenvalue weighted by atomic mass is 15.2. The number of anilines is 6. The predicted octanol–water partition coefficient (Wildman–Crippen LogP) is 25.5. The molecule has 0 atom stereocenters. The van der Waals surface area contributed by atoms with Gasteiger partial charge < -0.3 is 18.9 Å². The Morgan fingerprint density at radius 2 is 0.514 bits per heavy atom. The van der Waals surface area contributed by atoms with Crippen LogP contribution in [0.4, 0.5) is 34.1 Å². The van der Waals surface area contributed by atoms with E-state index in [2.05, 4.69) is 411 Å². The summed E-state index contributed by atoms with van der Waals surface area (Å²) in [5.41, 5.74) is 33.7. The fourth-order valence-corrected chi connectivity index (χ4v) is 17.0. The van der Waals surface area contributed by atoms with Crippen molar-refractivity contribution in [1.29, 1.82) is 0 Å². The zero-order valence-corrected chi connectivity index (χ0v) is 62.3. The fourth-order valence-electron chi connectivity index (χ4n) is 17.0. The molecule has 16 aromatic rings. The third-order valence-corrected chi connectivity index (χ3v) is 22.6. The van der Waals surface area contributed by atoms with Crippen LogP contribution in [-0.4, -0.2) is 15.8 Å². The Morgan fingerprint density at radius 3 is 0.810 bits per heavy atom. The van der Waals surface area contributed by atoms with Crippen molar-refractivity contribution < 1.29 is 0 Å². The highest BCUT2D eigenvalue weighted by molar-refractivity contribution is 7.00. The summed E-state index contributed by atoms with van der Waals surface area (Å²) in [6.45, 7) is 27.5. The van der Waals surface area contributed by atoms with Gasteiger partial charge in [0, 0.05) is 77.9 Å². The standard InChI is InChI=1S/C100H87BN4/c1-97(2,3)70-48-40-65(41-49-70)76-32-24-33-77(66-42-50-71(51-43-66)98(4,5)6)95(76)104-90-62-74(102-86-36-20-16-28-80(86)81-29-17-21-37-87(81)102)56-58-84(90)101-85-59-57-75(103-88-38-22-18-30-82(88)83-31-19-23-39-89(83)103)63-91(85)105(93-61-69(60-92(104)94(93)101)64-26-14-13-15-27-64)96-78(67-44-52-72(53-45-67)99(7,8)9)34-25-35-79(96)68-46-54-73(55-47-68)100(10,11)12/h13-63H,1-12H3. The summed E-state index contributed by atoms with van der Waals surface area (Å²) in [7, 11) is 0. The van der Waals surface area contributed by atoms with Gasteiger partial charge in [-0.1, -0.05) is 332 Å². The molecule has 0 N–H and O–H groups in total. The minimum absolute atomic E-state index is 0.0460. The minimum Gasteiger partial charge on any atom is -0.310 e. The minimum atomic E-state index is -0.253. The van der Waals surface area contributed by atoms with Crippen LogP contribution >= 0.6 is 0 Å². The Kier molecular flexibility index (Phi) is 15.3. The van der Waals surface area contributed by atoms with E-state index in [9.17, 15) is 0 Å². The largest absolute Gasteiger partial charge is 0.310 e. The van der Waals surface area contributed by atoms with Crippen molar-refractivity contribution in [2.24, 2.45) is 0 Å². The smallest absolute Gasteiger partial charge is 0.252 e. The molecule has 0 fully saturated rings. The Morgan fingerprint density at radius 1 is 0.229 bits per heavy atom. The summed E-state index contributed by atoms with van der Waals surface area (Å²) in [5.74, 6) is 0. The molecule has 0 amide bonds. The van der Waals surface area contributed by atoms with E-state index in [0.29, 0.717) is 0 Å². The molecule has 18 rings (SSSR count). The van der Waals surface area contributed by atoms with Gasteiger partial charge in [0.25, 0.3) is 6.71 Å². The summed E-state index contributed by atoms with van der Waals surface area (Å²) in [6, 6.07) is 119. The van der Waals surface area contributed by atoms with Crippen LogP contribution in [0.1, 0.15) is 105 Å². The van der Waals surface area contributed by atoms with Gasteiger partial charge in [0.1, 0.15) is 0 Å². The maximum Gasteiger partial charge on any atom is 0.252 e. The zero-order chi connectivity index (χ0) is 72.0. The highest BCUT2D eigenvalue weighted by Gasteiger charge is 2.46. The fraction of sp³-hybridized carbons (Fsp3) is 0.160. The zero-order valence-electron chi connectivity index (χ0n) is 62.3. The van der Waals surface area contributed by atoms with E-state index < -0.39 is 0 Å². The lowest BCUT2D eigenvalue weighted by Gasteiger charge is -2.46. The molecule has 0 saturated carbocycles. The van der Waals surface area contributed by atoms with Crippen molar-refractivity contribution in [1.82, 2.24) is 9.13 Å². The quantitative estimate of drug-likeness (QED) is 0.134. The molecule has 510 valence electrons. The maximum absolute atomic E-state index is 2.72. The second-order valence-corrected chi connectivity index (χ2v) is 33.3. The first-order valence-corrected chi connectivity index (χ1v) is 37.4. The Bertz CT molecular complexity index is 5490. The van der Waals surface area contributed by atoms with Gasteiger partial charge >= 0.3 is 0 Å². The van der Waals surface area contributed by atoms with Gasteiger partial charge in [0.2, 0.25) is 0 Å². The van der Waals surface area contributed by atoms with Crippen LogP contribution < -0.4 is 26.2 Å². The average Bonchev–Trinajstić information content (AvgIpc) is 1.07. The summed E-state index contributed by atoms with van der Waals surface area (Å²) in [4.78, 5) is 5.43. The summed E-state index contributed by atoms with van der Waals surface area (Å²) >= 11 is 0. The number of hydrogen-bond acceptors (Lipinski definition) is 2. The molecular formula is C100H87BN4. The van der Waals surface area contributed by atoms with Crippen LogP contribution in [0.25, 0.3) is 111 Å². The number of hydrogen-bond donors (Lipinski definition) is 0. The number of para-hydroxylation sites is 6. The predicted molar refractivity (Wildman–Crippen MR) is 451 cm³/mol. The summed E-state index contributed by atoms with van der Waals surface area (Å²) < 4.78 is 5.01. The lowest BCUT2D eigenvalue weighted by atomic mass is 9.33. The third-order valence-electron chi connectivity index (χ3n) is 22.6. The molecule has 14 aromatic carbocycles. The second-order valence-electron chi connectivity index (χ2n) is 33.3. The van der Waals surface area contributed by atoms with Gasteiger partial charge in [-0.2, -0.15) is 0 Å². The lowest BCUT2D eigenvalue weighted by Crippen LogP contribution is -2.61. The molecule has 2 aliphatic heterocycles. The molecule has 2 aromatic heterocycles. The molecule has 0 spiro atoms. The molecular weight excluding hydrogens is 1270 g/mol. The normalized spacial score (nSPS) is 13.1. The molecule has 0 bridgehead atoms. The number of fused-ring (bicyclic) bond motifs is 10. The molecule has 105 heavy (non-hydrogen) atoms. The molecule has 0 unspecified atom stereocenters. The topological polar surface area (TPSA) is 16.3 Å². The summed E-state index contributed by atoms with van der Waals surface area (Å²) in [6.07, 6.45) is 0. The number of rotatable bonds is 9. The lowest BCUT2D eigenvalue weighted by molar-refractivity contribution is 0.590. The molecule has 0 saturated heterocycles. The number of benzene rings is 14. The molecule has 2 aliphatic rings. The van der Waals surface area contributed by atoms with E-state index in [1.54, 1.807) is 0 Å². The maximum atomic E-state index is 2.72. The van der Waals surface area contributed by atoms with Crippen LogP contribution in [0.3, 0.4) is 0 Å². The van der Waals surface area contributed by atoms with E-state index in [1.807, 2.05) is 0 Å². The van der Waals surface area contributed by atoms with Gasteiger partial charge in [-0.25, -0.2) is 0 Å². The molecule has 4 nitrogen and oxygen atoms in total. The number of aromatic nitrogens is 2. The SMILES string of the molecule is CC(C)(C)c1ccc(-c2cccc(-c3ccc(C(C)(C)C)cc3)c2N2c3cc(-n4c5ccccc5c5ccccc54)ccc3B3c4ccc(-n5c6ccccc6c6ccccc65)cc4N(c4c(-c5ccc(C(C)(C)C)cc5)cccc4-c4ccc(C(C)(C)C)cc4)c4cc(-c5ccccc5)cc2c43)cc1. The third kappa shape index (κ3) is 11.0. The van der Waals surface area contributed by atoms with Crippen molar-refractivity contribution in [3.63, 3.8) is 0 Å². The first-order valence-electron chi connectivity index (χ1n) is 37.4. The highest BCUT2D eigenvalue weighted by Crippen LogP contribution is 2.55. The van der Waals surface area contributed by atoms with Gasteiger partial charge in [0.05, 0.1) is 33.4 Å². The Labute approximate surface area is 619 Å². The van der Waals surface area contributed by atoms with Crippen molar-refractivity contribution in [2.75, 3.05) is 9.80 Å². The van der Waals surface area contributed by atoms with Gasteiger partial charge in [-0.15, -0.1) is 0 Å². The van der Waals surface area contributed by atoms with Crippen LogP contribution in [0.5, 0.6) is 0 Å². The van der Waals surface area contributed by atoms with Crippen LogP contribution in [0, 0.1) is 0 Å². The Balaban J connectivity index is 1.02. The van der Waals surface area contributed by atoms with E-state index in [4.69, 9.17) is 0 Å². The van der Waals surface area contributed by atoms with Crippen molar-refractivity contribution >= 4 is 101 Å². The van der Waals surface area contributed by atoms with Crippen molar-refractivity contribution in [2.45, 2.75) is 105 Å². The molecule has 4 heterocycles. The monoisotopic (exact) mass is 1350 g/mol. The van der Waals surface area contributed by atoms with Crippen molar-refractivity contribution in [3.05, 3.63) is 332 Å². The van der Waals surface area contributed by atoms with E-state index in [1.165, 1.54) is 82.3 Å². The Hall–Kier alpha value is -11.7. The van der Waals surface area contributed by atoms with Crippen LogP contribution in [-0.2, 0) is 21.7 Å². The van der Waals surface area contributed by atoms with Crippen LogP contribution in [0.15, 0.2) is 309 Å². The van der Waals surface area contributed by atoms with Crippen LogP contribution in [0.2, 0.25) is 0 Å². The average molecular weight is 1360 g/mol. The van der Waals surface area contributed by atoms with Crippen molar-refractivity contribution in [3.8, 4) is 67.0 Å². The molecule has 0 radical (unpaired) electrons. The summed E-state index contributed by atoms with van der Waals surface area (Å²) in [5, 5.41) is 4.91. The molecule has 5 heteroatoms. The van der Waals surface area contributed by atoms with Gasteiger partial charge in [-0.05, 0) is 154 Å².